The van der Waals surface area contributed by atoms with Crippen LogP contribution in [0.1, 0.15) is 23.3 Å². The van der Waals surface area contributed by atoms with Gasteiger partial charge in [-0.05, 0) is 25.0 Å². The average Bonchev–Trinajstić information content (AvgIpc) is 3.23. The lowest BCUT2D eigenvalue weighted by molar-refractivity contribution is -0.149. The first-order chi connectivity index (χ1) is 14.5. The van der Waals surface area contributed by atoms with Gasteiger partial charge < -0.3 is 19.5 Å². The third kappa shape index (κ3) is 4.33. The van der Waals surface area contributed by atoms with Crippen LogP contribution in [0.25, 0.3) is 10.9 Å². The highest BCUT2D eigenvalue weighted by Gasteiger charge is 2.30. The Balaban J connectivity index is 1.25. The number of nitrogens with zero attached hydrogens (tertiary/aromatic N) is 3. The Bertz CT molecular complexity index is 891. The van der Waals surface area contributed by atoms with Crippen molar-refractivity contribution < 1.29 is 19.1 Å². The van der Waals surface area contributed by atoms with Crippen LogP contribution in [0.5, 0.6) is 0 Å². The van der Waals surface area contributed by atoms with E-state index in [2.05, 4.69) is 9.88 Å². The van der Waals surface area contributed by atoms with Gasteiger partial charge in [0.05, 0.1) is 19.6 Å². The molecule has 2 aliphatic heterocycles. The molecule has 8 nitrogen and oxygen atoms in total. The number of fused-ring (bicyclic) bond motifs is 1. The number of benzene rings is 1. The zero-order chi connectivity index (χ0) is 21.1. The number of H-pyrrole nitrogens is 1. The van der Waals surface area contributed by atoms with Gasteiger partial charge >= 0.3 is 5.97 Å². The minimum atomic E-state index is -0.183. The molecule has 3 heterocycles. The van der Waals surface area contributed by atoms with E-state index in [1.54, 1.807) is 0 Å². The Hall–Kier alpha value is -2.87. The third-order valence-electron chi connectivity index (χ3n) is 6.16. The number of carbonyl (C=O) groups excluding carboxylic acids is 3. The first kappa shape index (κ1) is 20.4. The van der Waals surface area contributed by atoms with Crippen molar-refractivity contribution in [1.29, 1.82) is 0 Å². The SMILES string of the molecule is COC(=O)C1CCN(C(=O)CN2CCN(C(=O)c3cc4ccccc4[nH]3)CC2)CC1. The fourth-order valence-corrected chi connectivity index (χ4v) is 4.29. The number of aromatic nitrogens is 1. The molecule has 0 radical (unpaired) electrons. The standard InChI is InChI=1S/C22H28N4O4/c1-30-22(29)16-6-8-25(9-7-16)20(27)15-24-10-12-26(13-11-24)21(28)19-14-17-4-2-3-5-18(17)23-19/h2-5,14,16,23H,6-13,15H2,1H3. The summed E-state index contributed by atoms with van der Waals surface area (Å²) >= 11 is 0. The summed E-state index contributed by atoms with van der Waals surface area (Å²) in [6, 6.07) is 9.74. The zero-order valence-corrected chi connectivity index (χ0v) is 17.3. The molecule has 2 aliphatic rings. The van der Waals surface area contributed by atoms with Crippen molar-refractivity contribution in [3.63, 3.8) is 0 Å². The Morgan fingerprint density at radius 3 is 2.37 bits per heavy atom. The number of methoxy groups -OCH3 is 1. The monoisotopic (exact) mass is 412 g/mol. The van der Waals surface area contributed by atoms with Crippen molar-refractivity contribution in [1.82, 2.24) is 19.7 Å². The molecule has 2 saturated heterocycles. The lowest BCUT2D eigenvalue weighted by Crippen LogP contribution is -2.52. The maximum absolute atomic E-state index is 12.8. The van der Waals surface area contributed by atoms with Gasteiger partial charge in [0.2, 0.25) is 5.91 Å². The van der Waals surface area contributed by atoms with E-state index < -0.39 is 0 Å². The largest absolute Gasteiger partial charge is 0.469 e. The summed E-state index contributed by atoms with van der Waals surface area (Å²) in [5, 5.41) is 1.03. The molecular weight excluding hydrogens is 384 g/mol. The Labute approximate surface area is 175 Å². The number of ether oxygens (including phenoxy) is 1. The molecule has 0 bridgehead atoms. The molecule has 2 amide bonds. The number of hydrogen-bond donors (Lipinski definition) is 1. The van der Waals surface area contributed by atoms with Crippen molar-refractivity contribution in [2.45, 2.75) is 12.8 Å². The molecule has 0 aliphatic carbocycles. The molecule has 8 heteroatoms. The molecule has 1 N–H and O–H groups in total. The second kappa shape index (κ2) is 8.87. The van der Waals surface area contributed by atoms with Crippen LogP contribution < -0.4 is 0 Å². The minimum absolute atomic E-state index is 0.00191. The van der Waals surface area contributed by atoms with Gasteiger partial charge in [0.25, 0.3) is 5.91 Å². The van der Waals surface area contributed by atoms with Crippen LogP contribution in [-0.4, -0.2) is 90.4 Å². The van der Waals surface area contributed by atoms with Crippen LogP contribution >= 0.6 is 0 Å². The normalized spacial score (nSPS) is 18.6. The lowest BCUT2D eigenvalue weighted by atomic mass is 9.97. The topological polar surface area (TPSA) is 85.9 Å². The quantitative estimate of drug-likeness (QED) is 0.766. The molecule has 2 fully saturated rings. The number of piperidine rings is 1. The smallest absolute Gasteiger partial charge is 0.308 e. The number of amides is 2. The number of nitrogens with one attached hydrogen (secondary N) is 1. The van der Waals surface area contributed by atoms with Crippen molar-refractivity contribution in [3.05, 3.63) is 36.0 Å². The summed E-state index contributed by atoms with van der Waals surface area (Å²) in [6.45, 7) is 4.11. The number of carbonyl (C=O) groups is 3. The third-order valence-corrected chi connectivity index (χ3v) is 6.16. The Kier molecular flexibility index (Phi) is 6.03. The van der Waals surface area contributed by atoms with E-state index in [1.165, 1.54) is 7.11 Å². The van der Waals surface area contributed by atoms with Gasteiger partial charge in [0.15, 0.2) is 0 Å². The average molecular weight is 412 g/mol. The fourth-order valence-electron chi connectivity index (χ4n) is 4.29. The van der Waals surface area contributed by atoms with Gasteiger partial charge in [-0.25, -0.2) is 0 Å². The van der Waals surface area contributed by atoms with Crippen LogP contribution in [0, 0.1) is 5.92 Å². The van der Waals surface area contributed by atoms with Gasteiger partial charge in [-0.3, -0.25) is 19.3 Å². The Morgan fingerprint density at radius 1 is 1.00 bits per heavy atom. The zero-order valence-electron chi connectivity index (χ0n) is 17.3. The fraction of sp³-hybridized carbons (Fsp3) is 0.500. The van der Waals surface area contributed by atoms with E-state index in [4.69, 9.17) is 4.74 Å². The molecule has 0 atom stereocenters. The van der Waals surface area contributed by atoms with Crippen molar-refractivity contribution >= 4 is 28.7 Å². The lowest BCUT2D eigenvalue weighted by Gasteiger charge is -2.36. The first-order valence-electron chi connectivity index (χ1n) is 10.5. The van der Waals surface area contributed by atoms with Crippen LogP contribution in [-0.2, 0) is 14.3 Å². The Morgan fingerprint density at radius 2 is 1.70 bits per heavy atom. The molecule has 30 heavy (non-hydrogen) atoms. The van der Waals surface area contributed by atoms with Crippen LogP contribution in [0.15, 0.2) is 30.3 Å². The number of likely N-dealkylation sites (tertiary alicyclic amines) is 1. The predicted octanol–water partition coefficient (Wildman–Crippen LogP) is 1.34. The summed E-state index contributed by atoms with van der Waals surface area (Å²) in [7, 11) is 1.41. The summed E-state index contributed by atoms with van der Waals surface area (Å²) in [4.78, 5) is 46.1. The number of esters is 1. The number of hydrogen-bond acceptors (Lipinski definition) is 5. The predicted molar refractivity (Wildman–Crippen MR) is 112 cm³/mol. The minimum Gasteiger partial charge on any atom is -0.469 e. The van der Waals surface area contributed by atoms with Crippen molar-refractivity contribution in [3.8, 4) is 0 Å². The van der Waals surface area contributed by atoms with E-state index in [-0.39, 0.29) is 23.7 Å². The van der Waals surface area contributed by atoms with Crippen molar-refractivity contribution in [2.24, 2.45) is 5.92 Å². The van der Waals surface area contributed by atoms with Crippen LogP contribution in [0.4, 0.5) is 0 Å². The summed E-state index contributed by atoms with van der Waals surface area (Å²) < 4.78 is 4.80. The summed E-state index contributed by atoms with van der Waals surface area (Å²) in [6.07, 6.45) is 1.32. The molecular formula is C22H28N4O4. The summed E-state index contributed by atoms with van der Waals surface area (Å²) in [5.41, 5.74) is 1.57. The second-order valence-corrected chi connectivity index (χ2v) is 8.02. The van der Waals surface area contributed by atoms with Crippen LogP contribution in [0.3, 0.4) is 0 Å². The van der Waals surface area contributed by atoms with E-state index in [9.17, 15) is 14.4 Å². The molecule has 2 aromatic rings. The van der Waals surface area contributed by atoms with Gasteiger partial charge in [0, 0.05) is 50.2 Å². The maximum Gasteiger partial charge on any atom is 0.308 e. The maximum atomic E-state index is 12.8. The second-order valence-electron chi connectivity index (χ2n) is 8.02. The molecule has 0 unspecified atom stereocenters. The van der Waals surface area contributed by atoms with E-state index in [0.717, 1.165) is 10.9 Å². The van der Waals surface area contributed by atoms with Gasteiger partial charge in [-0.1, -0.05) is 18.2 Å². The van der Waals surface area contributed by atoms with E-state index >= 15 is 0 Å². The highest BCUT2D eigenvalue weighted by Crippen LogP contribution is 2.19. The summed E-state index contributed by atoms with van der Waals surface area (Å²) in [5.74, 6) is -0.188. The molecule has 1 aromatic heterocycles. The van der Waals surface area contributed by atoms with Crippen molar-refractivity contribution in [2.75, 3.05) is 52.9 Å². The van der Waals surface area contributed by atoms with E-state index in [0.29, 0.717) is 64.3 Å². The number of aromatic amines is 1. The van der Waals surface area contributed by atoms with Gasteiger partial charge in [-0.15, -0.1) is 0 Å². The molecule has 0 spiro atoms. The number of para-hydroxylation sites is 1. The molecule has 160 valence electrons. The molecule has 1 aromatic carbocycles. The highest BCUT2D eigenvalue weighted by atomic mass is 16.5. The molecule has 4 rings (SSSR count). The number of piperazine rings is 1. The number of rotatable bonds is 4. The van der Waals surface area contributed by atoms with Crippen LogP contribution in [0.2, 0.25) is 0 Å². The van der Waals surface area contributed by atoms with Gasteiger partial charge in [-0.2, -0.15) is 0 Å². The first-order valence-corrected chi connectivity index (χ1v) is 10.5. The van der Waals surface area contributed by atoms with Gasteiger partial charge in [0.1, 0.15) is 5.69 Å². The molecule has 0 saturated carbocycles. The highest BCUT2D eigenvalue weighted by molar-refractivity contribution is 5.98. The van der Waals surface area contributed by atoms with E-state index in [1.807, 2.05) is 40.1 Å².